The van der Waals surface area contributed by atoms with Crippen LogP contribution in [0.15, 0.2) is 18.3 Å². The summed E-state index contributed by atoms with van der Waals surface area (Å²) in [5.41, 5.74) is 0.801. The number of amides is 1. The van der Waals surface area contributed by atoms with E-state index in [-0.39, 0.29) is 5.91 Å². The largest absolute Gasteiger partial charge is 0.356 e. The predicted molar refractivity (Wildman–Crippen MR) is 105 cm³/mol. The lowest BCUT2D eigenvalue weighted by molar-refractivity contribution is 0.0792. The molecular weight excluding hydrogens is 324 g/mol. The van der Waals surface area contributed by atoms with Crippen molar-refractivity contribution in [3.05, 3.63) is 23.9 Å². The van der Waals surface area contributed by atoms with Gasteiger partial charge in [0, 0.05) is 44.5 Å². The normalized spacial score (nSPS) is 24.8. The molecule has 0 spiro atoms. The summed E-state index contributed by atoms with van der Waals surface area (Å²) in [6.45, 7) is 7.71. The summed E-state index contributed by atoms with van der Waals surface area (Å²) in [5.74, 6) is 1.88. The summed E-state index contributed by atoms with van der Waals surface area (Å²) in [4.78, 5) is 24.3. The van der Waals surface area contributed by atoms with Gasteiger partial charge in [0.25, 0.3) is 5.91 Å². The number of anilines is 1. The van der Waals surface area contributed by atoms with Gasteiger partial charge in [-0.15, -0.1) is 0 Å². The van der Waals surface area contributed by atoms with Crippen molar-refractivity contribution in [2.45, 2.75) is 44.9 Å². The second-order valence-electron chi connectivity index (χ2n) is 8.22. The molecule has 0 bridgehead atoms. The number of nitrogens with zero attached hydrogens (tertiary/aromatic N) is 4. The average molecular weight is 357 g/mol. The first-order valence-electron chi connectivity index (χ1n) is 10.5. The van der Waals surface area contributed by atoms with Crippen LogP contribution in [0, 0.1) is 5.92 Å². The van der Waals surface area contributed by atoms with E-state index in [2.05, 4.69) is 14.8 Å². The van der Waals surface area contributed by atoms with Crippen molar-refractivity contribution in [3.8, 4) is 0 Å². The Bertz CT molecular complexity index is 608. The third-order valence-electron chi connectivity index (χ3n) is 6.19. The van der Waals surface area contributed by atoms with E-state index in [0.29, 0.717) is 0 Å². The Labute approximate surface area is 157 Å². The quantitative estimate of drug-likeness (QED) is 0.831. The van der Waals surface area contributed by atoms with E-state index >= 15 is 0 Å². The first-order chi connectivity index (χ1) is 12.8. The maximum atomic E-state index is 12.7. The minimum atomic E-state index is 0.174. The van der Waals surface area contributed by atoms with Crippen LogP contribution in [0.25, 0.3) is 0 Å². The predicted octanol–water partition coefficient (Wildman–Crippen LogP) is 3.02. The first kappa shape index (κ1) is 17.8. The second kappa shape index (κ2) is 8.38. The molecule has 3 aliphatic heterocycles. The summed E-state index contributed by atoms with van der Waals surface area (Å²) in [6, 6.07) is 3.89. The molecule has 1 atom stereocenters. The Kier molecular flexibility index (Phi) is 5.73. The molecule has 5 heteroatoms. The Balaban J connectivity index is 1.39. The molecule has 5 nitrogen and oxygen atoms in total. The standard InChI is InChI=1S/C21H32N4O/c26-21(24-12-4-5-13-24)19-8-9-22-20(15-19)25-14-6-7-18(17-25)16-23-10-2-1-3-11-23/h8-9,15,18H,1-7,10-14,16-17H2/t18-/m0/s1. The Morgan fingerprint density at radius 1 is 1.00 bits per heavy atom. The van der Waals surface area contributed by atoms with Gasteiger partial charge in [0.15, 0.2) is 0 Å². The van der Waals surface area contributed by atoms with Gasteiger partial charge in [0.05, 0.1) is 0 Å². The van der Waals surface area contributed by atoms with Crippen molar-refractivity contribution in [1.29, 1.82) is 0 Å². The zero-order valence-electron chi connectivity index (χ0n) is 15.9. The topological polar surface area (TPSA) is 39.7 Å². The van der Waals surface area contributed by atoms with Gasteiger partial charge in [-0.05, 0) is 69.7 Å². The fourth-order valence-electron chi connectivity index (χ4n) is 4.76. The third-order valence-corrected chi connectivity index (χ3v) is 6.19. The summed E-state index contributed by atoms with van der Waals surface area (Å²) >= 11 is 0. The highest BCUT2D eigenvalue weighted by Gasteiger charge is 2.25. The second-order valence-corrected chi connectivity index (χ2v) is 8.22. The van der Waals surface area contributed by atoms with Gasteiger partial charge < -0.3 is 14.7 Å². The molecule has 0 saturated carbocycles. The molecule has 0 unspecified atom stereocenters. The summed E-state index contributed by atoms with van der Waals surface area (Å²) in [7, 11) is 0. The van der Waals surface area contributed by atoms with Crippen LogP contribution in [0.4, 0.5) is 5.82 Å². The Hall–Kier alpha value is -1.62. The molecule has 1 aromatic heterocycles. The van der Waals surface area contributed by atoms with Crippen LogP contribution in [-0.4, -0.2) is 66.5 Å². The first-order valence-corrected chi connectivity index (χ1v) is 10.5. The Morgan fingerprint density at radius 2 is 1.77 bits per heavy atom. The number of aromatic nitrogens is 1. The van der Waals surface area contributed by atoms with Gasteiger partial charge in [0.1, 0.15) is 5.82 Å². The molecule has 3 fully saturated rings. The van der Waals surface area contributed by atoms with E-state index in [1.807, 2.05) is 23.2 Å². The van der Waals surface area contributed by atoms with Gasteiger partial charge in [-0.2, -0.15) is 0 Å². The highest BCUT2D eigenvalue weighted by Crippen LogP contribution is 2.24. The van der Waals surface area contributed by atoms with Crippen molar-refractivity contribution in [2.75, 3.05) is 50.7 Å². The molecule has 26 heavy (non-hydrogen) atoms. The molecule has 1 amide bonds. The molecule has 142 valence electrons. The van der Waals surface area contributed by atoms with Gasteiger partial charge in [-0.25, -0.2) is 4.98 Å². The molecule has 0 aliphatic carbocycles. The van der Waals surface area contributed by atoms with Crippen molar-refractivity contribution < 1.29 is 4.79 Å². The van der Waals surface area contributed by atoms with E-state index in [1.165, 1.54) is 51.7 Å². The summed E-state index contributed by atoms with van der Waals surface area (Å²) < 4.78 is 0. The van der Waals surface area contributed by atoms with E-state index in [0.717, 1.165) is 56.3 Å². The fraction of sp³-hybridized carbons (Fsp3) is 0.714. The average Bonchev–Trinajstić information content (AvgIpc) is 3.23. The maximum Gasteiger partial charge on any atom is 0.254 e. The van der Waals surface area contributed by atoms with Crippen LogP contribution in [-0.2, 0) is 0 Å². The number of carbonyl (C=O) groups is 1. The molecule has 3 aliphatic rings. The minimum Gasteiger partial charge on any atom is -0.356 e. The van der Waals surface area contributed by atoms with E-state index < -0.39 is 0 Å². The van der Waals surface area contributed by atoms with E-state index in [9.17, 15) is 4.79 Å². The van der Waals surface area contributed by atoms with Crippen LogP contribution in [0.3, 0.4) is 0 Å². The van der Waals surface area contributed by atoms with Crippen LogP contribution in [0.1, 0.15) is 55.3 Å². The zero-order valence-corrected chi connectivity index (χ0v) is 15.9. The number of pyridine rings is 1. The number of likely N-dealkylation sites (tertiary alicyclic amines) is 2. The smallest absolute Gasteiger partial charge is 0.254 e. The number of piperidine rings is 2. The van der Waals surface area contributed by atoms with Crippen molar-refractivity contribution in [2.24, 2.45) is 5.92 Å². The van der Waals surface area contributed by atoms with Crippen molar-refractivity contribution >= 4 is 11.7 Å². The molecular formula is C21H32N4O. The van der Waals surface area contributed by atoms with E-state index in [4.69, 9.17) is 0 Å². The molecule has 0 N–H and O–H groups in total. The SMILES string of the molecule is O=C(c1ccnc(N2CCC[C@@H](CN3CCCCC3)C2)c1)N1CCCC1. The number of hydrogen-bond donors (Lipinski definition) is 0. The fourth-order valence-corrected chi connectivity index (χ4v) is 4.76. The maximum absolute atomic E-state index is 12.7. The van der Waals surface area contributed by atoms with Crippen LogP contribution >= 0.6 is 0 Å². The molecule has 1 aromatic rings. The molecule has 4 heterocycles. The highest BCUT2D eigenvalue weighted by molar-refractivity contribution is 5.95. The van der Waals surface area contributed by atoms with Gasteiger partial charge in [-0.1, -0.05) is 6.42 Å². The minimum absolute atomic E-state index is 0.174. The van der Waals surface area contributed by atoms with Gasteiger partial charge >= 0.3 is 0 Å². The lowest BCUT2D eigenvalue weighted by Gasteiger charge is -2.37. The number of carbonyl (C=O) groups excluding carboxylic acids is 1. The monoisotopic (exact) mass is 356 g/mol. The molecule has 0 radical (unpaired) electrons. The van der Waals surface area contributed by atoms with E-state index in [1.54, 1.807) is 0 Å². The van der Waals surface area contributed by atoms with Crippen LogP contribution in [0.5, 0.6) is 0 Å². The lowest BCUT2D eigenvalue weighted by Crippen LogP contribution is -2.42. The molecule has 0 aromatic carbocycles. The van der Waals surface area contributed by atoms with Gasteiger partial charge in [-0.3, -0.25) is 4.79 Å². The number of rotatable bonds is 4. The number of hydrogen-bond acceptors (Lipinski definition) is 4. The Morgan fingerprint density at radius 3 is 2.58 bits per heavy atom. The van der Waals surface area contributed by atoms with Crippen molar-refractivity contribution in [3.63, 3.8) is 0 Å². The van der Waals surface area contributed by atoms with Crippen LogP contribution < -0.4 is 4.90 Å². The van der Waals surface area contributed by atoms with Crippen molar-refractivity contribution in [1.82, 2.24) is 14.8 Å². The highest BCUT2D eigenvalue weighted by atomic mass is 16.2. The summed E-state index contributed by atoms with van der Waals surface area (Å²) in [5, 5.41) is 0. The molecule has 4 rings (SSSR count). The van der Waals surface area contributed by atoms with Crippen LogP contribution in [0.2, 0.25) is 0 Å². The third kappa shape index (κ3) is 4.20. The molecule has 3 saturated heterocycles. The van der Waals surface area contributed by atoms with Gasteiger partial charge in [0.2, 0.25) is 0 Å². The zero-order chi connectivity index (χ0) is 17.8. The lowest BCUT2D eigenvalue weighted by atomic mass is 9.96. The summed E-state index contributed by atoms with van der Waals surface area (Å²) in [6.07, 6.45) is 10.7.